The zero-order chi connectivity index (χ0) is 28.7. The first kappa shape index (κ1) is 23.9. The molecule has 1 unspecified atom stereocenters. The van der Waals surface area contributed by atoms with Gasteiger partial charge in [0, 0.05) is 33.0 Å². The van der Waals surface area contributed by atoms with E-state index in [4.69, 9.17) is 14.7 Å². The van der Waals surface area contributed by atoms with Crippen LogP contribution >= 0.6 is 0 Å². The number of nitrogens with zero attached hydrogens (tertiary/aromatic N) is 3. The van der Waals surface area contributed by atoms with Crippen molar-refractivity contribution in [3.8, 4) is 51.2 Å². The lowest BCUT2D eigenvalue weighted by Gasteiger charge is -2.35. The zero-order valence-corrected chi connectivity index (χ0v) is 23.3. The molecule has 7 aromatic rings. The molecule has 4 nitrogen and oxygen atoms in total. The topological polar surface area (TPSA) is 58.8 Å². The van der Waals surface area contributed by atoms with Gasteiger partial charge in [-0.3, -0.25) is 0 Å². The molecule has 0 radical (unpaired) electrons. The maximum Gasteiger partial charge on any atom is 0.132 e. The first-order valence-corrected chi connectivity index (χ1v) is 14.4. The van der Waals surface area contributed by atoms with Crippen molar-refractivity contribution in [3.63, 3.8) is 0 Å². The highest BCUT2D eigenvalue weighted by Crippen LogP contribution is 2.60. The fourth-order valence-electron chi connectivity index (χ4n) is 7.06. The molecule has 9 rings (SSSR count). The number of nitriles is 1. The van der Waals surface area contributed by atoms with E-state index < -0.39 is 0 Å². The molecule has 1 aliphatic carbocycles. The predicted molar refractivity (Wildman–Crippen MR) is 170 cm³/mol. The summed E-state index contributed by atoms with van der Waals surface area (Å²) in [5, 5.41) is 11.5. The van der Waals surface area contributed by atoms with Crippen molar-refractivity contribution >= 4 is 21.8 Å². The standard InChI is InChI=1S/C39H23N3O/c1-39-30-17-14-27(21-29(30)28-8-5-11-35(36(28)39)43-34-10-3-2-9-31(34)39)33-19-16-25-13-12-24-15-18-32(41-37(24)38(25)42-33)26-7-4-6-23(20-26)22-40/h2-21H,1H3. The van der Waals surface area contributed by atoms with Crippen LogP contribution < -0.4 is 4.74 Å². The van der Waals surface area contributed by atoms with Crippen molar-refractivity contribution in [1.29, 1.82) is 5.26 Å². The van der Waals surface area contributed by atoms with Gasteiger partial charge in [0.25, 0.3) is 0 Å². The van der Waals surface area contributed by atoms with Crippen molar-refractivity contribution < 1.29 is 4.74 Å². The number of benzene rings is 5. The maximum absolute atomic E-state index is 9.39. The summed E-state index contributed by atoms with van der Waals surface area (Å²) < 4.78 is 6.39. The maximum atomic E-state index is 9.39. The van der Waals surface area contributed by atoms with Crippen LogP contribution in [0.5, 0.6) is 11.5 Å². The molecule has 0 bridgehead atoms. The van der Waals surface area contributed by atoms with Crippen LogP contribution in [-0.4, -0.2) is 9.97 Å². The van der Waals surface area contributed by atoms with Crippen LogP contribution in [0.2, 0.25) is 0 Å². The third kappa shape index (κ3) is 3.31. The number of rotatable bonds is 2. The van der Waals surface area contributed by atoms with E-state index in [0.717, 1.165) is 55.8 Å². The molecule has 2 aromatic heterocycles. The normalized spacial score (nSPS) is 15.8. The van der Waals surface area contributed by atoms with E-state index in [-0.39, 0.29) is 5.41 Å². The van der Waals surface area contributed by atoms with E-state index in [2.05, 4.69) is 97.9 Å². The van der Waals surface area contributed by atoms with Crippen LogP contribution in [0.3, 0.4) is 0 Å². The van der Waals surface area contributed by atoms with Crippen molar-refractivity contribution in [1.82, 2.24) is 9.97 Å². The lowest BCUT2D eigenvalue weighted by Crippen LogP contribution is -2.26. The van der Waals surface area contributed by atoms with Gasteiger partial charge in [0.1, 0.15) is 11.5 Å². The summed E-state index contributed by atoms with van der Waals surface area (Å²) in [7, 11) is 0. The van der Waals surface area contributed by atoms with Gasteiger partial charge in [-0.1, -0.05) is 78.9 Å². The van der Waals surface area contributed by atoms with Gasteiger partial charge in [-0.15, -0.1) is 0 Å². The Bertz CT molecular complexity index is 2370. The minimum Gasteiger partial charge on any atom is -0.457 e. The number of fused-ring (bicyclic) bond motifs is 8. The van der Waals surface area contributed by atoms with Crippen molar-refractivity contribution in [3.05, 3.63) is 144 Å². The lowest BCUT2D eigenvalue weighted by molar-refractivity contribution is 0.431. The molecule has 0 saturated heterocycles. The Morgan fingerprint density at radius 1 is 0.605 bits per heavy atom. The average Bonchev–Trinajstić information content (AvgIpc) is 3.33. The van der Waals surface area contributed by atoms with Crippen LogP contribution in [-0.2, 0) is 5.41 Å². The van der Waals surface area contributed by atoms with E-state index in [9.17, 15) is 5.26 Å². The van der Waals surface area contributed by atoms with Gasteiger partial charge in [-0.25, -0.2) is 9.97 Å². The molecule has 2 aliphatic rings. The highest BCUT2D eigenvalue weighted by Gasteiger charge is 2.47. The molecule has 3 heterocycles. The van der Waals surface area contributed by atoms with Crippen LogP contribution in [0.1, 0.15) is 29.2 Å². The van der Waals surface area contributed by atoms with Crippen molar-refractivity contribution in [2.24, 2.45) is 0 Å². The average molecular weight is 550 g/mol. The molecular formula is C39H23N3O. The molecule has 0 spiro atoms. The highest BCUT2D eigenvalue weighted by atomic mass is 16.5. The predicted octanol–water partition coefficient (Wildman–Crippen LogP) is 9.43. The summed E-state index contributed by atoms with van der Waals surface area (Å²) in [5.74, 6) is 1.84. The number of pyridine rings is 2. The van der Waals surface area contributed by atoms with Gasteiger partial charge in [-0.2, -0.15) is 5.26 Å². The number of para-hydroxylation sites is 1. The molecule has 200 valence electrons. The summed E-state index contributed by atoms with van der Waals surface area (Å²) in [6.07, 6.45) is 0. The minimum absolute atomic E-state index is 0.287. The molecule has 0 N–H and O–H groups in total. The summed E-state index contributed by atoms with van der Waals surface area (Å²) in [6, 6.07) is 43.8. The number of hydrogen-bond acceptors (Lipinski definition) is 4. The third-order valence-electron chi connectivity index (χ3n) is 9.12. The summed E-state index contributed by atoms with van der Waals surface area (Å²) in [6.45, 7) is 2.32. The number of ether oxygens (including phenoxy) is 1. The number of aromatic nitrogens is 2. The minimum atomic E-state index is -0.287. The van der Waals surface area contributed by atoms with Gasteiger partial charge in [-0.05, 0) is 66.1 Å². The Labute approximate surface area is 248 Å². The number of hydrogen-bond donors (Lipinski definition) is 0. The lowest BCUT2D eigenvalue weighted by atomic mass is 9.72. The Hall–Kier alpha value is -5.79. The fourth-order valence-corrected chi connectivity index (χ4v) is 7.06. The first-order valence-electron chi connectivity index (χ1n) is 14.4. The van der Waals surface area contributed by atoms with Gasteiger partial charge in [0.05, 0.1) is 39.5 Å². The van der Waals surface area contributed by atoms with Crippen molar-refractivity contribution in [2.75, 3.05) is 0 Å². The van der Waals surface area contributed by atoms with E-state index in [1.807, 2.05) is 36.4 Å². The summed E-state index contributed by atoms with van der Waals surface area (Å²) in [4.78, 5) is 10.3. The van der Waals surface area contributed by atoms with Gasteiger partial charge in [0.2, 0.25) is 0 Å². The SMILES string of the molecule is CC12c3ccccc3Oc3cccc(c31)-c1cc(-c3ccc4ccc5ccc(-c6cccc(C#N)c6)nc5c4n3)ccc12. The third-order valence-corrected chi connectivity index (χ3v) is 9.12. The Balaban J connectivity index is 1.22. The van der Waals surface area contributed by atoms with Crippen LogP contribution in [0.4, 0.5) is 0 Å². The Morgan fingerprint density at radius 2 is 1.28 bits per heavy atom. The molecule has 4 heteroatoms. The molecule has 1 atom stereocenters. The van der Waals surface area contributed by atoms with Gasteiger partial charge >= 0.3 is 0 Å². The van der Waals surface area contributed by atoms with E-state index in [1.165, 1.54) is 27.8 Å². The molecule has 43 heavy (non-hydrogen) atoms. The molecule has 0 amide bonds. The second kappa shape index (κ2) is 8.61. The smallest absolute Gasteiger partial charge is 0.132 e. The van der Waals surface area contributed by atoms with Crippen LogP contribution in [0, 0.1) is 11.3 Å². The Morgan fingerprint density at radius 3 is 2.05 bits per heavy atom. The highest BCUT2D eigenvalue weighted by molar-refractivity contribution is 6.04. The van der Waals surface area contributed by atoms with Crippen molar-refractivity contribution in [2.45, 2.75) is 12.3 Å². The fraction of sp³-hybridized carbons (Fsp3) is 0.0513. The second-order valence-corrected chi connectivity index (χ2v) is 11.5. The van der Waals surface area contributed by atoms with E-state index in [0.29, 0.717) is 5.56 Å². The monoisotopic (exact) mass is 549 g/mol. The van der Waals surface area contributed by atoms with Gasteiger partial charge < -0.3 is 4.74 Å². The Kier molecular flexibility index (Phi) is 4.78. The first-order chi connectivity index (χ1) is 21.1. The molecule has 1 aliphatic heterocycles. The molecule has 0 fully saturated rings. The molecular weight excluding hydrogens is 526 g/mol. The largest absolute Gasteiger partial charge is 0.457 e. The van der Waals surface area contributed by atoms with Crippen LogP contribution in [0.15, 0.2) is 121 Å². The molecule has 5 aromatic carbocycles. The summed E-state index contributed by atoms with van der Waals surface area (Å²) in [5.41, 5.74) is 11.9. The second-order valence-electron chi connectivity index (χ2n) is 11.5. The van der Waals surface area contributed by atoms with Gasteiger partial charge in [0.15, 0.2) is 0 Å². The van der Waals surface area contributed by atoms with Crippen LogP contribution in [0.25, 0.3) is 55.4 Å². The van der Waals surface area contributed by atoms with E-state index >= 15 is 0 Å². The van der Waals surface area contributed by atoms with E-state index in [1.54, 1.807) is 0 Å². The molecule has 0 saturated carbocycles. The quantitative estimate of drug-likeness (QED) is 0.202. The summed E-state index contributed by atoms with van der Waals surface area (Å²) >= 11 is 0. The zero-order valence-electron chi connectivity index (χ0n) is 23.3.